The summed E-state index contributed by atoms with van der Waals surface area (Å²) in [4.78, 5) is 25.3. The van der Waals surface area contributed by atoms with Crippen LogP contribution in [0, 0.1) is 12.7 Å². The van der Waals surface area contributed by atoms with Gasteiger partial charge in [0.05, 0.1) is 0 Å². The highest BCUT2D eigenvalue weighted by molar-refractivity contribution is 6.31. The summed E-state index contributed by atoms with van der Waals surface area (Å²) in [6, 6.07) is 11.4. The third-order valence-corrected chi connectivity index (χ3v) is 3.99. The smallest absolute Gasteiger partial charge is 0.240 e. The number of carbonyl (C=O) groups is 2. The zero-order chi connectivity index (χ0) is 17.7. The maximum Gasteiger partial charge on any atom is 0.240 e. The van der Waals surface area contributed by atoms with E-state index in [1.54, 1.807) is 36.4 Å². The van der Waals surface area contributed by atoms with Gasteiger partial charge in [0.1, 0.15) is 12.4 Å². The van der Waals surface area contributed by atoms with Gasteiger partial charge in [-0.25, -0.2) is 4.39 Å². The van der Waals surface area contributed by atoms with E-state index in [4.69, 9.17) is 11.6 Å². The third-order valence-electron chi connectivity index (χ3n) is 3.58. The lowest BCUT2D eigenvalue weighted by atomic mass is 10.2. The standard InChI is InChI=1S/C18H18ClFN2O2/c1-12-7-8-15(9-16(12)19)22(13(2)23)11-18(24)21-10-14-5-3-4-6-17(14)20/h3-9H,10-11H2,1-2H3,(H,21,24). The van der Waals surface area contributed by atoms with Crippen molar-refractivity contribution in [2.24, 2.45) is 0 Å². The van der Waals surface area contributed by atoms with E-state index in [1.807, 2.05) is 6.92 Å². The molecule has 0 radical (unpaired) electrons. The normalized spacial score (nSPS) is 10.3. The van der Waals surface area contributed by atoms with Gasteiger partial charge in [-0.15, -0.1) is 0 Å². The van der Waals surface area contributed by atoms with Crippen molar-refractivity contribution in [3.8, 4) is 0 Å². The average molecular weight is 349 g/mol. The molecule has 24 heavy (non-hydrogen) atoms. The zero-order valence-corrected chi connectivity index (χ0v) is 14.2. The van der Waals surface area contributed by atoms with Crippen LogP contribution >= 0.6 is 11.6 Å². The Morgan fingerprint density at radius 2 is 1.92 bits per heavy atom. The fraction of sp³-hybridized carbons (Fsp3) is 0.222. The van der Waals surface area contributed by atoms with Crippen LogP contribution in [0.3, 0.4) is 0 Å². The Morgan fingerprint density at radius 1 is 1.21 bits per heavy atom. The summed E-state index contributed by atoms with van der Waals surface area (Å²) in [6.07, 6.45) is 0. The van der Waals surface area contributed by atoms with E-state index in [-0.39, 0.29) is 30.7 Å². The third kappa shape index (κ3) is 4.55. The molecule has 0 aromatic heterocycles. The molecule has 4 nitrogen and oxygen atoms in total. The van der Waals surface area contributed by atoms with E-state index in [2.05, 4.69) is 5.32 Å². The predicted molar refractivity (Wildman–Crippen MR) is 92.5 cm³/mol. The van der Waals surface area contributed by atoms with Crippen molar-refractivity contribution in [1.82, 2.24) is 5.32 Å². The molecular weight excluding hydrogens is 331 g/mol. The number of carbonyl (C=O) groups excluding carboxylic acids is 2. The van der Waals surface area contributed by atoms with Gasteiger partial charge in [0.15, 0.2) is 0 Å². The molecule has 0 unspecified atom stereocenters. The van der Waals surface area contributed by atoms with Gasteiger partial charge in [-0.3, -0.25) is 9.59 Å². The van der Waals surface area contributed by atoms with E-state index in [0.717, 1.165) is 5.56 Å². The zero-order valence-electron chi connectivity index (χ0n) is 13.5. The Balaban J connectivity index is 2.05. The number of aryl methyl sites for hydroxylation is 1. The van der Waals surface area contributed by atoms with Crippen LogP contribution in [0.15, 0.2) is 42.5 Å². The number of anilines is 1. The number of hydrogen-bond acceptors (Lipinski definition) is 2. The summed E-state index contributed by atoms with van der Waals surface area (Å²) in [5, 5.41) is 3.13. The summed E-state index contributed by atoms with van der Waals surface area (Å²) >= 11 is 6.08. The molecular formula is C18H18ClFN2O2. The van der Waals surface area contributed by atoms with Crippen LogP contribution in [-0.2, 0) is 16.1 Å². The number of benzene rings is 2. The lowest BCUT2D eigenvalue weighted by Crippen LogP contribution is -2.39. The summed E-state index contributed by atoms with van der Waals surface area (Å²) in [5.74, 6) is -1.05. The number of nitrogens with zero attached hydrogens (tertiary/aromatic N) is 1. The van der Waals surface area contributed by atoms with Gasteiger partial charge in [0, 0.05) is 29.7 Å². The number of nitrogens with one attached hydrogen (secondary N) is 1. The minimum absolute atomic E-state index is 0.0614. The fourth-order valence-corrected chi connectivity index (χ4v) is 2.34. The summed E-state index contributed by atoms with van der Waals surface area (Å²) in [5.41, 5.74) is 1.81. The highest BCUT2D eigenvalue weighted by Gasteiger charge is 2.16. The van der Waals surface area contributed by atoms with Crippen LogP contribution in [0.2, 0.25) is 5.02 Å². The fourth-order valence-electron chi connectivity index (χ4n) is 2.17. The van der Waals surface area contributed by atoms with Crippen LogP contribution in [0.25, 0.3) is 0 Å². The topological polar surface area (TPSA) is 49.4 Å². The number of rotatable bonds is 5. The van der Waals surface area contributed by atoms with Crippen molar-refractivity contribution in [2.75, 3.05) is 11.4 Å². The van der Waals surface area contributed by atoms with E-state index < -0.39 is 0 Å². The van der Waals surface area contributed by atoms with Crippen LogP contribution in [0.1, 0.15) is 18.1 Å². The first kappa shape index (κ1) is 17.9. The molecule has 0 bridgehead atoms. The molecule has 0 aliphatic rings. The molecule has 0 aliphatic heterocycles. The minimum atomic E-state index is -0.384. The van der Waals surface area contributed by atoms with E-state index in [1.165, 1.54) is 17.9 Å². The van der Waals surface area contributed by atoms with Crippen molar-refractivity contribution < 1.29 is 14.0 Å². The molecule has 0 saturated carbocycles. The Bertz CT molecular complexity index is 764. The van der Waals surface area contributed by atoms with Gasteiger partial charge in [-0.05, 0) is 30.7 Å². The Labute approximate surface area is 145 Å². The van der Waals surface area contributed by atoms with Gasteiger partial charge in [-0.2, -0.15) is 0 Å². The van der Waals surface area contributed by atoms with Gasteiger partial charge in [-0.1, -0.05) is 35.9 Å². The van der Waals surface area contributed by atoms with Gasteiger partial charge < -0.3 is 10.2 Å². The molecule has 2 amide bonds. The number of amides is 2. The van der Waals surface area contributed by atoms with Crippen LogP contribution in [0.4, 0.5) is 10.1 Å². The molecule has 2 rings (SSSR count). The molecule has 6 heteroatoms. The van der Waals surface area contributed by atoms with Crippen molar-refractivity contribution in [3.63, 3.8) is 0 Å². The molecule has 0 spiro atoms. The Morgan fingerprint density at radius 3 is 2.54 bits per heavy atom. The van der Waals surface area contributed by atoms with Crippen LogP contribution in [0.5, 0.6) is 0 Å². The first-order valence-corrected chi connectivity index (χ1v) is 7.80. The first-order valence-electron chi connectivity index (χ1n) is 7.43. The monoisotopic (exact) mass is 348 g/mol. The molecule has 1 N–H and O–H groups in total. The maximum atomic E-state index is 13.5. The second-order valence-electron chi connectivity index (χ2n) is 5.41. The van der Waals surface area contributed by atoms with Gasteiger partial charge >= 0.3 is 0 Å². The highest BCUT2D eigenvalue weighted by Crippen LogP contribution is 2.23. The van der Waals surface area contributed by atoms with E-state index in [9.17, 15) is 14.0 Å². The molecule has 0 fully saturated rings. The van der Waals surface area contributed by atoms with Crippen LogP contribution in [-0.4, -0.2) is 18.4 Å². The largest absolute Gasteiger partial charge is 0.350 e. The molecule has 0 saturated heterocycles. The molecule has 2 aromatic carbocycles. The Hall–Kier alpha value is -2.40. The lowest BCUT2D eigenvalue weighted by molar-refractivity contribution is -0.123. The summed E-state index contributed by atoms with van der Waals surface area (Å²) in [7, 11) is 0. The second kappa shape index (κ2) is 7.93. The average Bonchev–Trinajstić information content (AvgIpc) is 2.54. The predicted octanol–water partition coefficient (Wildman–Crippen LogP) is 3.46. The number of hydrogen-bond donors (Lipinski definition) is 1. The van der Waals surface area contributed by atoms with Gasteiger partial charge in [0.2, 0.25) is 11.8 Å². The van der Waals surface area contributed by atoms with Crippen molar-refractivity contribution in [1.29, 1.82) is 0 Å². The first-order chi connectivity index (χ1) is 11.4. The van der Waals surface area contributed by atoms with Crippen LogP contribution < -0.4 is 10.2 Å². The molecule has 2 aromatic rings. The highest BCUT2D eigenvalue weighted by atomic mass is 35.5. The SMILES string of the molecule is CC(=O)N(CC(=O)NCc1ccccc1F)c1ccc(C)c(Cl)c1. The quantitative estimate of drug-likeness (QED) is 0.899. The molecule has 0 atom stereocenters. The lowest BCUT2D eigenvalue weighted by Gasteiger charge is -2.21. The second-order valence-corrected chi connectivity index (χ2v) is 5.81. The van der Waals surface area contributed by atoms with Crippen molar-refractivity contribution in [2.45, 2.75) is 20.4 Å². The number of halogens is 2. The van der Waals surface area contributed by atoms with E-state index >= 15 is 0 Å². The molecule has 0 heterocycles. The summed E-state index contributed by atoms with van der Waals surface area (Å²) in [6.45, 7) is 3.12. The van der Waals surface area contributed by atoms with E-state index in [0.29, 0.717) is 16.3 Å². The maximum absolute atomic E-state index is 13.5. The minimum Gasteiger partial charge on any atom is -0.350 e. The van der Waals surface area contributed by atoms with Crippen molar-refractivity contribution in [3.05, 3.63) is 64.4 Å². The molecule has 0 aliphatic carbocycles. The van der Waals surface area contributed by atoms with Crippen molar-refractivity contribution >= 4 is 29.1 Å². The van der Waals surface area contributed by atoms with Gasteiger partial charge in [0.25, 0.3) is 0 Å². The molecule has 126 valence electrons. The Kier molecular flexibility index (Phi) is 5.93. The summed E-state index contributed by atoms with van der Waals surface area (Å²) < 4.78 is 13.5.